The van der Waals surface area contributed by atoms with E-state index in [2.05, 4.69) is 19.2 Å². The fraction of sp³-hybridized carbons (Fsp3) is 0.480. The smallest absolute Gasteiger partial charge is 0.336 e. The van der Waals surface area contributed by atoms with Gasteiger partial charge >= 0.3 is 11.9 Å². The summed E-state index contributed by atoms with van der Waals surface area (Å²) in [4.78, 5) is 37.6. The van der Waals surface area contributed by atoms with Crippen LogP contribution in [0.3, 0.4) is 0 Å². The van der Waals surface area contributed by atoms with Gasteiger partial charge in [0.05, 0.1) is 12.2 Å². The Kier molecular flexibility index (Phi) is 7.19. The SMILES string of the molecule is CCOCCOC(=O)C1=C(C)NC2=C(C(=O)CC(C)(C)C2)[C@@H]1c1ccc(OC(C)=O)cc1. The topological polar surface area (TPSA) is 90.9 Å². The molecular formula is C25H31NO6. The molecule has 0 fully saturated rings. The van der Waals surface area contributed by atoms with Crippen LogP contribution in [-0.4, -0.2) is 37.5 Å². The molecule has 2 aliphatic rings. The normalized spacial score (nSPS) is 19.9. The van der Waals surface area contributed by atoms with Crippen LogP contribution in [0.1, 0.15) is 58.9 Å². The van der Waals surface area contributed by atoms with Crippen molar-refractivity contribution in [2.45, 2.75) is 53.4 Å². The number of hydrogen-bond donors (Lipinski definition) is 1. The molecule has 0 unspecified atom stereocenters. The molecule has 1 aliphatic carbocycles. The Hall–Kier alpha value is -2.93. The number of allylic oxidation sites excluding steroid dienone is 3. The maximum absolute atomic E-state index is 13.3. The lowest BCUT2D eigenvalue weighted by Crippen LogP contribution is -2.38. The minimum Gasteiger partial charge on any atom is -0.460 e. The molecule has 1 N–H and O–H groups in total. The number of carbonyl (C=O) groups excluding carboxylic acids is 3. The second-order valence-corrected chi connectivity index (χ2v) is 8.93. The number of ketones is 1. The molecule has 1 aromatic rings. The number of hydrogen-bond acceptors (Lipinski definition) is 7. The first-order valence-corrected chi connectivity index (χ1v) is 10.9. The number of ether oxygens (including phenoxy) is 3. The highest BCUT2D eigenvalue weighted by Gasteiger charge is 2.43. The van der Waals surface area contributed by atoms with Crippen molar-refractivity contribution in [1.82, 2.24) is 5.32 Å². The lowest BCUT2D eigenvalue weighted by atomic mass is 9.68. The molecule has 172 valence electrons. The van der Waals surface area contributed by atoms with E-state index < -0.39 is 17.9 Å². The molecule has 7 heteroatoms. The summed E-state index contributed by atoms with van der Waals surface area (Å²) in [6.07, 6.45) is 1.11. The minimum atomic E-state index is -0.555. The zero-order valence-corrected chi connectivity index (χ0v) is 19.4. The second kappa shape index (κ2) is 9.69. The summed E-state index contributed by atoms with van der Waals surface area (Å²) in [5, 5.41) is 3.31. The number of esters is 2. The molecule has 0 spiro atoms. The number of carbonyl (C=O) groups is 3. The van der Waals surface area contributed by atoms with E-state index in [1.807, 2.05) is 13.8 Å². The number of nitrogens with one attached hydrogen (secondary N) is 1. The van der Waals surface area contributed by atoms with Crippen molar-refractivity contribution in [3.63, 3.8) is 0 Å². The molecule has 1 atom stereocenters. The van der Waals surface area contributed by atoms with Gasteiger partial charge in [-0.2, -0.15) is 0 Å². The van der Waals surface area contributed by atoms with E-state index in [4.69, 9.17) is 14.2 Å². The molecule has 1 aliphatic heterocycles. The average Bonchev–Trinajstić information content (AvgIpc) is 2.69. The van der Waals surface area contributed by atoms with Crippen molar-refractivity contribution < 1.29 is 28.6 Å². The Morgan fingerprint density at radius 2 is 1.81 bits per heavy atom. The van der Waals surface area contributed by atoms with Gasteiger partial charge in [0.1, 0.15) is 12.4 Å². The largest absolute Gasteiger partial charge is 0.460 e. The van der Waals surface area contributed by atoms with Crippen LogP contribution >= 0.6 is 0 Å². The minimum absolute atomic E-state index is 0.0185. The standard InChI is InChI=1S/C25H31NO6/c1-6-30-11-12-31-24(29)21-15(2)26-19-13-25(4,5)14-20(28)23(19)22(21)17-7-9-18(10-8-17)32-16(3)27/h7-10,22,26H,6,11-14H2,1-5H3/t22-/m1/s1. The second-order valence-electron chi connectivity index (χ2n) is 8.93. The summed E-state index contributed by atoms with van der Waals surface area (Å²) in [7, 11) is 0. The molecule has 7 nitrogen and oxygen atoms in total. The summed E-state index contributed by atoms with van der Waals surface area (Å²) < 4.78 is 15.9. The lowest BCUT2D eigenvalue weighted by Gasteiger charge is -2.39. The van der Waals surface area contributed by atoms with Crippen LogP contribution in [0.5, 0.6) is 5.75 Å². The first-order valence-electron chi connectivity index (χ1n) is 10.9. The molecule has 1 heterocycles. The van der Waals surface area contributed by atoms with E-state index >= 15 is 0 Å². The monoisotopic (exact) mass is 441 g/mol. The molecular weight excluding hydrogens is 410 g/mol. The van der Waals surface area contributed by atoms with Crippen molar-refractivity contribution >= 4 is 17.7 Å². The van der Waals surface area contributed by atoms with E-state index in [0.29, 0.717) is 48.6 Å². The average molecular weight is 442 g/mol. The third-order valence-corrected chi connectivity index (χ3v) is 5.60. The molecule has 0 radical (unpaired) electrons. The first-order chi connectivity index (χ1) is 15.1. The van der Waals surface area contributed by atoms with Gasteiger partial charge in [0, 0.05) is 42.8 Å². The van der Waals surface area contributed by atoms with E-state index in [9.17, 15) is 14.4 Å². The maximum atomic E-state index is 13.3. The van der Waals surface area contributed by atoms with Crippen LogP contribution < -0.4 is 10.1 Å². The summed E-state index contributed by atoms with van der Waals surface area (Å²) in [6, 6.07) is 6.91. The highest BCUT2D eigenvalue weighted by atomic mass is 16.6. The maximum Gasteiger partial charge on any atom is 0.336 e. The highest BCUT2D eigenvalue weighted by Crippen LogP contribution is 2.46. The van der Waals surface area contributed by atoms with Crippen LogP contribution in [0.4, 0.5) is 0 Å². The van der Waals surface area contributed by atoms with Gasteiger partial charge < -0.3 is 19.5 Å². The lowest BCUT2D eigenvalue weighted by molar-refractivity contribution is -0.141. The zero-order chi connectivity index (χ0) is 23.5. The molecule has 0 saturated heterocycles. The van der Waals surface area contributed by atoms with E-state index in [1.54, 1.807) is 24.3 Å². The zero-order valence-electron chi connectivity index (χ0n) is 19.4. The molecule has 0 amide bonds. The van der Waals surface area contributed by atoms with Crippen molar-refractivity contribution in [2.24, 2.45) is 5.41 Å². The fourth-order valence-corrected chi connectivity index (χ4v) is 4.35. The third-order valence-electron chi connectivity index (χ3n) is 5.60. The first kappa shape index (κ1) is 23.7. The molecule has 0 aromatic heterocycles. The molecule has 3 rings (SSSR count). The Bertz CT molecular complexity index is 971. The fourth-order valence-electron chi connectivity index (χ4n) is 4.35. The van der Waals surface area contributed by atoms with E-state index in [1.165, 1.54) is 6.92 Å². The van der Waals surface area contributed by atoms with E-state index in [-0.39, 0.29) is 17.8 Å². The highest BCUT2D eigenvalue weighted by molar-refractivity contribution is 6.04. The predicted molar refractivity (Wildman–Crippen MR) is 119 cm³/mol. The summed E-state index contributed by atoms with van der Waals surface area (Å²) in [5.41, 5.74) is 3.13. The number of benzene rings is 1. The Morgan fingerprint density at radius 3 is 2.44 bits per heavy atom. The number of Topliss-reactive ketones (excluding diaryl/α,β-unsaturated/α-hetero) is 1. The third kappa shape index (κ3) is 5.27. The molecule has 32 heavy (non-hydrogen) atoms. The van der Waals surface area contributed by atoms with Gasteiger partial charge in [0.25, 0.3) is 0 Å². The Balaban J connectivity index is 2.01. The van der Waals surface area contributed by atoms with Gasteiger partial charge in [-0.15, -0.1) is 0 Å². The van der Waals surface area contributed by atoms with Gasteiger partial charge in [-0.25, -0.2) is 4.79 Å². The Morgan fingerprint density at radius 1 is 1.12 bits per heavy atom. The van der Waals surface area contributed by atoms with Gasteiger partial charge in [0.2, 0.25) is 0 Å². The van der Waals surface area contributed by atoms with Crippen molar-refractivity contribution in [3.05, 3.63) is 52.4 Å². The van der Waals surface area contributed by atoms with Crippen LogP contribution in [-0.2, 0) is 23.9 Å². The summed E-state index contributed by atoms with van der Waals surface area (Å²) in [6.45, 7) is 10.2. The van der Waals surface area contributed by atoms with Gasteiger partial charge in [-0.1, -0.05) is 26.0 Å². The summed E-state index contributed by atoms with van der Waals surface area (Å²) in [5.74, 6) is -1.02. The van der Waals surface area contributed by atoms with Crippen LogP contribution in [0.15, 0.2) is 46.8 Å². The van der Waals surface area contributed by atoms with Crippen LogP contribution in [0, 0.1) is 5.41 Å². The van der Waals surface area contributed by atoms with Gasteiger partial charge in [-0.3, -0.25) is 9.59 Å². The van der Waals surface area contributed by atoms with Crippen molar-refractivity contribution in [3.8, 4) is 5.75 Å². The van der Waals surface area contributed by atoms with Gasteiger partial charge in [0.15, 0.2) is 5.78 Å². The van der Waals surface area contributed by atoms with Gasteiger partial charge in [-0.05, 0) is 43.4 Å². The quantitative estimate of drug-likeness (QED) is 0.391. The van der Waals surface area contributed by atoms with Crippen LogP contribution in [0.25, 0.3) is 0 Å². The van der Waals surface area contributed by atoms with E-state index in [0.717, 1.165) is 11.3 Å². The molecule has 0 saturated carbocycles. The Labute approximate surface area is 188 Å². The number of rotatable bonds is 7. The summed E-state index contributed by atoms with van der Waals surface area (Å²) >= 11 is 0. The molecule has 1 aromatic carbocycles. The van der Waals surface area contributed by atoms with Crippen molar-refractivity contribution in [1.29, 1.82) is 0 Å². The molecule has 0 bridgehead atoms. The number of dihydropyridines is 1. The van der Waals surface area contributed by atoms with Crippen LogP contribution in [0.2, 0.25) is 0 Å². The van der Waals surface area contributed by atoms with Crippen molar-refractivity contribution in [2.75, 3.05) is 19.8 Å². The predicted octanol–water partition coefficient (Wildman–Crippen LogP) is 3.80.